The summed E-state index contributed by atoms with van der Waals surface area (Å²) in [6.45, 7) is 2.41. The summed E-state index contributed by atoms with van der Waals surface area (Å²) in [6, 6.07) is 3.95. The van der Waals surface area contributed by atoms with Crippen LogP contribution in [0.1, 0.15) is 32.6 Å². The van der Waals surface area contributed by atoms with E-state index in [2.05, 4.69) is 6.92 Å². The van der Waals surface area contributed by atoms with Crippen molar-refractivity contribution in [2.45, 2.75) is 32.6 Å². The van der Waals surface area contributed by atoms with Crippen LogP contribution in [0.2, 0.25) is 0 Å². The largest absolute Gasteiger partial charge is 0.504 e. The maximum atomic E-state index is 11.8. The van der Waals surface area contributed by atoms with E-state index in [1.165, 1.54) is 23.1 Å². The van der Waals surface area contributed by atoms with Gasteiger partial charge in [-0.1, -0.05) is 26.2 Å². The van der Waals surface area contributed by atoms with Gasteiger partial charge in [0.25, 0.3) is 0 Å². The highest BCUT2D eigenvalue weighted by molar-refractivity contribution is 6.39. The average molecular weight is 280 g/mol. The summed E-state index contributed by atoms with van der Waals surface area (Å²) in [6.07, 6.45) is 3.76. The van der Waals surface area contributed by atoms with E-state index in [-0.39, 0.29) is 11.5 Å². The summed E-state index contributed by atoms with van der Waals surface area (Å²) in [5.74, 6) is -2.51. The first-order valence-electron chi connectivity index (χ1n) is 6.60. The molecule has 0 saturated heterocycles. The van der Waals surface area contributed by atoms with Crippen LogP contribution < -0.4 is 10.6 Å². The van der Waals surface area contributed by atoms with Crippen molar-refractivity contribution < 1.29 is 19.8 Å². The Labute approximate surface area is 117 Å². The van der Waals surface area contributed by atoms with Gasteiger partial charge in [0.05, 0.1) is 0 Å². The van der Waals surface area contributed by atoms with Gasteiger partial charge in [-0.3, -0.25) is 9.59 Å². The van der Waals surface area contributed by atoms with Crippen molar-refractivity contribution in [3.63, 3.8) is 0 Å². The molecular formula is C14H20N2O4. The molecule has 0 heterocycles. The lowest BCUT2D eigenvalue weighted by Gasteiger charge is -2.21. The molecule has 4 N–H and O–H groups in total. The number of phenolic OH excluding ortho intramolecular Hbond substituents is 2. The lowest BCUT2D eigenvalue weighted by Crippen LogP contribution is -2.41. The van der Waals surface area contributed by atoms with E-state index in [0.717, 1.165) is 25.7 Å². The zero-order chi connectivity index (χ0) is 15.1. The van der Waals surface area contributed by atoms with E-state index in [1.807, 2.05) is 0 Å². The Morgan fingerprint density at radius 1 is 1.15 bits per heavy atom. The van der Waals surface area contributed by atoms with Gasteiger partial charge < -0.3 is 20.8 Å². The van der Waals surface area contributed by atoms with Crippen molar-refractivity contribution in [1.82, 2.24) is 0 Å². The molecule has 0 fully saturated rings. The number of nitrogens with zero attached hydrogens (tertiary/aromatic N) is 1. The highest BCUT2D eigenvalue weighted by atomic mass is 16.3. The second-order valence-electron chi connectivity index (χ2n) is 4.55. The van der Waals surface area contributed by atoms with Crippen molar-refractivity contribution in [3.8, 4) is 11.5 Å². The normalized spacial score (nSPS) is 10.2. The molecule has 20 heavy (non-hydrogen) atoms. The van der Waals surface area contributed by atoms with Crippen LogP contribution in [0.3, 0.4) is 0 Å². The SMILES string of the molecule is CCCCCCN(C(=O)C(N)=O)c1ccc(O)c(O)c1. The van der Waals surface area contributed by atoms with Crippen LogP contribution in [-0.4, -0.2) is 28.6 Å². The van der Waals surface area contributed by atoms with E-state index in [9.17, 15) is 19.8 Å². The minimum atomic E-state index is -1.05. The van der Waals surface area contributed by atoms with Crippen LogP contribution in [-0.2, 0) is 9.59 Å². The summed E-state index contributed by atoms with van der Waals surface area (Å²) < 4.78 is 0. The molecule has 0 unspecified atom stereocenters. The van der Waals surface area contributed by atoms with E-state index in [0.29, 0.717) is 12.2 Å². The van der Waals surface area contributed by atoms with Crippen molar-refractivity contribution in [3.05, 3.63) is 18.2 Å². The van der Waals surface area contributed by atoms with Gasteiger partial charge in [0.2, 0.25) is 0 Å². The fourth-order valence-electron chi connectivity index (χ4n) is 1.86. The second kappa shape index (κ2) is 7.37. The standard InChI is InChI=1S/C14H20N2O4/c1-2-3-4-5-8-16(14(20)13(15)19)10-6-7-11(17)12(18)9-10/h6-7,9,17-18H,2-5,8H2,1H3,(H2,15,19). The summed E-state index contributed by atoms with van der Waals surface area (Å²) in [5, 5.41) is 18.7. The molecule has 6 heteroatoms. The zero-order valence-corrected chi connectivity index (χ0v) is 11.5. The molecule has 0 bridgehead atoms. The lowest BCUT2D eigenvalue weighted by atomic mass is 10.2. The van der Waals surface area contributed by atoms with E-state index in [1.54, 1.807) is 0 Å². The number of unbranched alkanes of at least 4 members (excludes halogenated alkanes) is 3. The zero-order valence-electron chi connectivity index (χ0n) is 11.5. The minimum absolute atomic E-state index is 0.286. The molecule has 1 aromatic carbocycles. The first kappa shape index (κ1) is 15.8. The summed E-state index contributed by atoms with van der Waals surface area (Å²) in [4.78, 5) is 24.1. The van der Waals surface area contributed by atoms with Crippen LogP contribution in [0.5, 0.6) is 11.5 Å². The van der Waals surface area contributed by atoms with Gasteiger partial charge >= 0.3 is 11.8 Å². The molecule has 0 saturated carbocycles. The number of aromatic hydroxyl groups is 2. The van der Waals surface area contributed by atoms with Crippen LogP contribution in [0.15, 0.2) is 18.2 Å². The van der Waals surface area contributed by atoms with Crippen molar-refractivity contribution >= 4 is 17.5 Å². The minimum Gasteiger partial charge on any atom is -0.504 e. The molecule has 0 atom stereocenters. The van der Waals surface area contributed by atoms with Gasteiger partial charge in [-0.2, -0.15) is 0 Å². The Kier molecular flexibility index (Phi) is 5.83. The molecule has 0 aromatic heterocycles. The molecule has 0 spiro atoms. The maximum absolute atomic E-state index is 11.8. The number of phenols is 2. The number of amides is 2. The third-order valence-corrected chi connectivity index (χ3v) is 2.96. The number of primary amides is 1. The van der Waals surface area contributed by atoms with E-state index in [4.69, 9.17) is 5.73 Å². The molecule has 1 aromatic rings. The molecule has 2 amide bonds. The second-order valence-corrected chi connectivity index (χ2v) is 4.55. The summed E-state index contributed by atoms with van der Waals surface area (Å²) in [7, 11) is 0. The Morgan fingerprint density at radius 2 is 1.85 bits per heavy atom. The van der Waals surface area contributed by atoms with Crippen LogP contribution in [0.25, 0.3) is 0 Å². The quantitative estimate of drug-likeness (QED) is 0.417. The number of anilines is 1. The highest BCUT2D eigenvalue weighted by Crippen LogP contribution is 2.29. The Hall–Kier alpha value is -2.24. The van der Waals surface area contributed by atoms with E-state index >= 15 is 0 Å². The van der Waals surface area contributed by atoms with Gasteiger partial charge in [0.15, 0.2) is 11.5 Å². The Bertz CT molecular complexity index is 488. The monoisotopic (exact) mass is 280 g/mol. The van der Waals surface area contributed by atoms with Crippen LogP contribution >= 0.6 is 0 Å². The topological polar surface area (TPSA) is 104 Å². The average Bonchev–Trinajstić information content (AvgIpc) is 2.41. The van der Waals surface area contributed by atoms with Crippen molar-refractivity contribution in [2.24, 2.45) is 5.73 Å². The first-order chi connectivity index (χ1) is 9.47. The summed E-state index contributed by atoms with van der Waals surface area (Å²) >= 11 is 0. The van der Waals surface area contributed by atoms with Crippen LogP contribution in [0, 0.1) is 0 Å². The van der Waals surface area contributed by atoms with E-state index < -0.39 is 11.8 Å². The fourth-order valence-corrected chi connectivity index (χ4v) is 1.86. The summed E-state index contributed by atoms with van der Waals surface area (Å²) in [5.41, 5.74) is 5.36. The predicted molar refractivity (Wildman–Crippen MR) is 75.5 cm³/mol. The van der Waals surface area contributed by atoms with Crippen molar-refractivity contribution in [2.75, 3.05) is 11.4 Å². The smallest absolute Gasteiger partial charge is 0.316 e. The molecule has 6 nitrogen and oxygen atoms in total. The number of hydrogen-bond acceptors (Lipinski definition) is 4. The molecule has 0 aliphatic heterocycles. The fraction of sp³-hybridized carbons (Fsp3) is 0.429. The van der Waals surface area contributed by atoms with Gasteiger partial charge in [-0.25, -0.2) is 0 Å². The van der Waals surface area contributed by atoms with Gasteiger partial charge in [-0.15, -0.1) is 0 Å². The first-order valence-corrected chi connectivity index (χ1v) is 6.60. The number of benzene rings is 1. The Morgan fingerprint density at radius 3 is 2.40 bits per heavy atom. The number of rotatable bonds is 6. The predicted octanol–water partition coefficient (Wildman–Crippen LogP) is 1.50. The lowest BCUT2D eigenvalue weighted by molar-refractivity contribution is -0.135. The molecule has 110 valence electrons. The van der Waals surface area contributed by atoms with Gasteiger partial charge in [0, 0.05) is 18.3 Å². The number of carbonyl (C=O) groups is 2. The number of hydrogen-bond donors (Lipinski definition) is 3. The Balaban J connectivity index is 2.88. The number of nitrogens with two attached hydrogens (primary N) is 1. The van der Waals surface area contributed by atoms with Crippen molar-refractivity contribution in [1.29, 1.82) is 0 Å². The molecule has 0 radical (unpaired) electrons. The van der Waals surface area contributed by atoms with Gasteiger partial charge in [0.1, 0.15) is 0 Å². The third-order valence-electron chi connectivity index (χ3n) is 2.96. The molecule has 0 aliphatic carbocycles. The van der Waals surface area contributed by atoms with Crippen LogP contribution in [0.4, 0.5) is 5.69 Å². The maximum Gasteiger partial charge on any atom is 0.316 e. The number of carbonyl (C=O) groups excluding carboxylic acids is 2. The molecule has 1 rings (SSSR count). The third kappa shape index (κ3) is 4.15. The highest BCUT2D eigenvalue weighted by Gasteiger charge is 2.21. The van der Waals surface area contributed by atoms with Gasteiger partial charge in [-0.05, 0) is 18.6 Å². The molecule has 0 aliphatic rings. The molecular weight excluding hydrogens is 260 g/mol.